The van der Waals surface area contributed by atoms with Gasteiger partial charge in [-0.2, -0.15) is 0 Å². The minimum absolute atomic E-state index is 0.212. The Labute approximate surface area is 342 Å². The maximum atomic E-state index is 2.51. The summed E-state index contributed by atoms with van der Waals surface area (Å²) in [5, 5.41) is 20.4. The number of hydrogen-bond acceptors (Lipinski definition) is 0. The van der Waals surface area contributed by atoms with E-state index >= 15 is 0 Å². The predicted octanol–water partition coefficient (Wildman–Crippen LogP) is 16.6. The molecule has 0 saturated heterocycles. The molecule has 0 aliphatic heterocycles. The lowest BCUT2D eigenvalue weighted by Crippen LogP contribution is -2.15. The van der Waals surface area contributed by atoms with Crippen LogP contribution in [-0.2, 0) is 5.41 Å². The second-order valence-corrected chi connectivity index (χ2v) is 17.3. The molecule has 13 rings (SSSR count). The van der Waals surface area contributed by atoms with Gasteiger partial charge in [0.25, 0.3) is 0 Å². The molecule has 0 fully saturated rings. The van der Waals surface area contributed by atoms with E-state index in [1.54, 1.807) is 0 Å². The zero-order valence-electron chi connectivity index (χ0n) is 33.0. The molecule has 0 aromatic heterocycles. The molecule has 0 amide bonds. The lowest BCUT2D eigenvalue weighted by atomic mass is 9.79. The topological polar surface area (TPSA) is 0 Å². The van der Waals surface area contributed by atoms with Gasteiger partial charge >= 0.3 is 0 Å². The van der Waals surface area contributed by atoms with Gasteiger partial charge in [-0.05, 0) is 203 Å². The van der Waals surface area contributed by atoms with Crippen LogP contribution in [0.5, 0.6) is 0 Å². The molecule has 0 spiro atoms. The molecular weight excluding hydrogens is 709 g/mol. The van der Waals surface area contributed by atoms with Crippen LogP contribution in [0.3, 0.4) is 0 Å². The zero-order valence-corrected chi connectivity index (χ0v) is 33.0. The van der Waals surface area contributed by atoms with E-state index in [9.17, 15) is 0 Å². The molecule has 0 bridgehead atoms. The van der Waals surface area contributed by atoms with Crippen LogP contribution in [0.15, 0.2) is 194 Å². The molecule has 59 heavy (non-hydrogen) atoms. The Morgan fingerprint density at radius 1 is 0.254 bits per heavy atom. The van der Waals surface area contributed by atoms with Gasteiger partial charge in [-0.3, -0.25) is 0 Å². The molecule has 0 radical (unpaired) electrons. The van der Waals surface area contributed by atoms with Crippen LogP contribution in [0, 0.1) is 0 Å². The first-order valence-electron chi connectivity index (χ1n) is 20.8. The van der Waals surface area contributed by atoms with Crippen molar-refractivity contribution in [3.05, 3.63) is 205 Å². The third kappa shape index (κ3) is 4.78. The summed E-state index contributed by atoms with van der Waals surface area (Å²) in [7, 11) is 0. The van der Waals surface area contributed by atoms with Crippen molar-refractivity contribution in [1.29, 1.82) is 0 Å². The summed E-state index contributed by atoms with van der Waals surface area (Å²) < 4.78 is 0. The highest BCUT2D eigenvalue weighted by molar-refractivity contribution is 6.20. The first-order chi connectivity index (χ1) is 28.9. The molecule has 1 aliphatic carbocycles. The SMILES string of the molecule is CC1(C)c2cc(-c3c4cc5ccccc5cc4cc4cc5ccccc5cc34)ccc2-c2ccc(-c3c4cc5ccccc5cc4cc4cc5ccccc5cc34)cc21. The van der Waals surface area contributed by atoms with E-state index in [-0.39, 0.29) is 5.41 Å². The Morgan fingerprint density at radius 3 is 0.797 bits per heavy atom. The summed E-state index contributed by atoms with van der Waals surface area (Å²) in [6, 6.07) is 73.6. The van der Waals surface area contributed by atoms with Crippen molar-refractivity contribution in [3.63, 3.8) is 0 Å². The van der Waals surface area contributed by atoms with Crippen molar-refractivity contribution >= 4 is 86.2 Å². The Bertz CT molecular complexity index is 3370. The molecule has 0 atom stereocenters. The van der Waals surface area contributed by atoms with Gasteiger partial charge in [0.2, 0.25) is 0 Å². The summed E-state index contributed by atoms with van der Waals surface area (Å²) in [6.45, 7) is 4.85. The average Bonchev–Trinajstić information content (AvgIpc) is 3.49. The van der Waals surface area contributed by atoms with Gasteiger partial charge in [-0.25, -0.2) is 0 Å². The molecule has 274 valence electrons. The highest BCUT2D eigenvalue weighted by Gasteiger charge is 2.36. The molecule has 0 heteroatoms. The fraction of sp³-hybridized carbons (Fsp3) is 0.0508. The molecule has 12 aromatic carbocycles. The fourth-order valence-corrected chi connectivity index (χ4v) is 10.7. The van der Waals surface area contributed by atoms with E-state index in [1.165, 1.54) is 131 Å². The minimum Gasteiger partial charge on any atom is -0.0616 e. The molecule has 12 aromatic rings. The van der Waals surface area contributed by atoms with Crippen LogP contribution in [0.25, 0.3) is 120 Å². The van der Waals surface area contributed by atoms with Crippen molar-refractivity contribution < 1.29 is 0 Å². The van der Waals surface area contributed by atoms with Crippen molar-refractivity contribution in [3.8, 4) is 33.4 Å². The zero-order chi connectivity index (χ0) is 39.0. The quantitative estimate of drug-likeness (QED) is 0.155. The van der Waals surface area contributed by atoms with Crippen molar-refractivity contribution in [1.82, 2.24) is 0 Å². The van der Waals surface area contributed by atoms with Gasteiger partial charge in [-0.1, -0.05) is 135 Å². The Morgan fingerprint density at radius 2 is 0.508 bits per heavy atom. The van der Waals surface area contributed by atoms with E-state index in [0.29, 0.717) is 0 Å². The molecule has 0 nitrogen and oxygen atoms in total. The fourth-order valence-electron chi connectivity index (χ4n) is 10.7. The van der Waals surface area contributed by atoms with Crippen LogP contribution >= 0.6 is 0 Å². The molecule has 0 N–H and O–H groups in total. The number of benzene rings is 12. The van der Waals surface area contributed by atoms with Crippen molar-refractivity contribution in [2.24, 2.45) is 0 Å². The largest absolute Gasteiger partial charge is 0.0616 e. The second kappa shape index (κ2) is 11.9. The van der Waals surface area contributed by atoms with Gasteiger partial charge < -0.3 is 0 Å². The summed E-state index contributed by atoms with van der Waals surface area (Å²) >= 11 is 0. The van der Waals surface area contributed by atoms with Gasteiger partial charge in [0.15, 0.2) is 0 Å². The summed E-state index contributed by atoms with van der Waals surface area (Å²) in [5.74, 6) is 0. The standard InChI is InChI=1S/C59H38/c1-59(2)55-33-43(57-51-29-39-15-7-3-11-35(39)23-45(51)27-46-24-36-12-4-8-16-40(36)30-52(46)57)19-21-49(55)50-22-20-44(34-56(50)59)58-53-31-41-17-9-5-13-37(41)25-47(53)28-48-26-38-14-6-10-18-42(38)32-54(48)58/h3-34H,1-2H3. The maximum absolute atomic E-state index is 2.51. The third-order valence-electron chi connectivity index (χ3n) is 13.6. The van der Waals surface area contributed by atoms with Gasteiger partial charge in [0.05, 0.1) is 0 Å². The van der Waals surface area contributed by atoms with Gasteiger partial charge in [-0.15, -0.1) is 0 Å². The van der Waals surface area contributed by atoms with E-state index in [2.05, 4.69) is 208 Å². The van der Waals surface area contributed by atoms with Crippen molar-refractivity contribution in [2.45, 2.75) is 19.3 Å². The average molecular weight is 747 g/mol. The monoisotopic (exact) mass is 746 g/mol. The maximum Gasteiger partial charge on any atom is 0.0159 e. The molecular formula is C59H38. The molecule has 0 unspecified atom stereocenters. The second-order valence-electron chi connectivity index (χ2n) is 17.3. The summed E-state index contributed by atoms with van der Waals surface area (Å²) in [5.41, 5.74) is 10.4. The number of hydrogen-bond donors (Lipinski definition) is 0. The number of fused-ring (bicyclic) bond motifs is 11. The van der Waals surface area contributed by atoms with E-state index in [4.69, 9.17) is 0 Å². The normalized spacial score (nSPS) is 13.4. The molecule has 1 aliphatic rings. The van der Waals surface area contributed by atoms with E-state index in [0.717, 1.165) is 0 Å². The smallest absolute Gasteiger partial charge is 0.0159 e. The van der Waals surface area contributed by atoms with Crippen LogP contribution in [0.4, 0.5) is 0 Å². The van der Waals surface area contributed by atoms with E-state index in [1.807, 2.05) is 0 Å². The van der Waals surface area contributed by atoms with Gasteiger partial charge in [0.1, 0.15) is 0 Å². The third-order valence-corrected chi connectivity index (χ3v) is 13.6. The Kier molecular flexibility index (Phi) is 6.60. The number of rotatable bonds is 2. The summed E-state index contributed by atoms with van der Waals surface area (Å²) in [6.07, 6.45) is 0. The molecule has 0 saturated carbocycles. The predicted molar refractivity (Wildman–Crippen MR) is 255 cm³/mol. The van der Waals surface area contributed by atoms with Crippen LogP contribution in [0.2, 0.25) is 0 Å². The van der Waals surface area contributed by atoms with Crippen LogP contribution in [0.1, 0.15) is 25.0 Å². The summed E-state index contributed by atoms with van der Waals surface area (Å²) in [4.78, 5) is 0. The van der Waals surface area contributed by atoms with Crippen LogP contribution < -0.4 is 0 Å². The van der Waals surface area contributed by atoms with Crippen molar-refractivity contribution in [2.75, 3.05) is 0 Å². The highest BCUT2D eigenvalue weighted by atomic mass is 14.4. The van der Waals surface area contributed by atoms with Gasteiger partial charge in [0, 0.05) is 5.41 Å². The lowest BCUT2D eigenvalue weighted by molar-refractivity contribution is 0.661. The highest BCUT2D eigenvalue weighted by Crippen LogP contribution is 2.53. The molecule has 0 heterocycles. The Balaban J connectivity index is 1.03. The first kappa shape index (κ1) is 32.8. The van der Waals surface area contributed by atoms with Crippen LogP contribution in [-0.4, -0.2) is 0 Å². The Hall–Kier alpha value is -7.28. The first-order valence-corrected chi connectivity index (χ1v) is 20.8. The van der Waals surface area contributed by atoms with E-state index < -0.39 is 0 Å². The lowest BCUT2D eigenvalue weighted by Gasteiger charge is -2.23. The minimum atomic E-state index is -0.212.